The fourth-order valence-corrected chi connectivity index (χ4v) is 2.54. The lowest BCUT2D eigenvalue weighted by atomic mass is 10.0. The van der Waals surface area contributed by atoms with E-state index in [1.165, 1.54) is 21.0 Å². The second kappa shape index (κ2) is 8.77. The molecule has 7 nitrogen and oxygen atoms in total. The van der Waals surface area contributed by atoms with E-state index in [1.807, 2.05) is 30.3 Å². The number of ether oxygens (including phenoxy) is 5. The van der Waals surface area contributed by atoms with Crippen molar-refractivity contribution in [1.29, 1.82) is 0 Å². The molecule has 7 heteroatoms. The summed E-state index contributed by atoms with van der Waals surface area (Å²) in [5.41, 5.74) is 0.948. The quantitative estimate of drug-likeness (QED) is 0.726. The molecule has 24 heavy (non-hydrogen) atoms. The fraction of sp³-hybridized carbons (Fsp3) is 0.529. The molecule has 1 aromatic carbocycles. The first kappa shape index (κ1) is 18.4. The summed E-state index contributed by atoms with van der Waals surface area (Å²) < 4.78 is 27.2. The Labute approximate surface area is 140 Å². The Morgan fingerprint density at radius 2 is 1.75 bits per heavy atom. The number of carbonyl (C=O) groups excluding carboxylic acids is 2. The molecule has 0 N–H and O–H groups in total. The predicted octanol–water partition coefficient (Wildman–Crippen LogP) is 1.44. The van der Waals surface area contributed by atoms with E-state index >= 15 is 0 Å². The third-order valence-electron chi connectivity index (χ3n) is 3.52. The largest absolute Gasteiger partial charge is 0.456 e. The van der Waals surface area contributed by atoms with Gasteiger partial charge in [0.05, 0.1) is 13.2 Å². The predicted molar refractivity (Wildman–Crippen MR) is 82.9 cm³/mol. The second-order valence-corrected chi connectivity index (χ2v) is 5.42. The number of esters is 2. The average Bonchev–Trinajstić information content (AvgIpc) is 2.55. The van der Waals surface area contributed by atoms with E-state index in [4.69, 9.17) is 23.7 Å². The average molecular weight is 338 g/mol. The first-order chi connectivity index (χ1) is 11.5. The molecule has 1 saturated heterocycles. The van der Waals surface area contributed by atoms with E-state index in [1.54, 1.807) is 0 Å². The molecule has 0 bridgehead atoms. The van der Waals surface area contributed by atoms with Gasteiger partial charge in [0.1, 0.15) is 6.10 Å². The zero-order valence-corrected chi connectivity index (χ0v) is 14.0. The summed E-state index contributed by atoms with van der Waals surface area (Å²) in [7, 11) is 1.47. The summed E-state index contributed by atoms with van der Waals surface area (Å²) in [6, 6.07) is 9.53. The number of methoxy groups -OCH3 is 1. The molecule has 1 heterocycles. The fourth-order valence-electron chi connectivity index (χ4n) is 2.54. The maximum atomic E-state index is 11.5. The Bertz CT molecular complexity index is 545. The molecule has 1 fully saturated rings. The topological polar surface area (TPSA) is 80.3 Å². The monoisotopic (exact) mass is 338 g/mol. The lowest BCUT2D eigenvalue weighted by Crippen LogP contribution is -2.57. The number of benzene rings is 1. The normalized spacial score (nSPS) is 26.6. The third-order valence-corrected chi connectivity index (χ3v) is 3.52. The SMILES string of the molecule is CO[C@@H]1OC[C@@H](OC(C)=O)[C@H](OC(C)=O)[C@H]1OCc1ccccc1. The van der Waals surface area contributed by atoms with E-state index < -0.39 is 36.5 Å². The van der Waals surface area contributed by atoms with Crippen LogP contribution in [0.15, 0.2) is 30.3 Å². The van der Waals surface area contributed by atoms with E-state index in [-0.39, 0.29) is 13.2 Å². The molecular formula is C17H22O7. The molecular weight excluding hydrogens is 316 g/mol. The summed E-state index contributed by atoms with van der Waals surface area (Å²) in [4.78, 5) is 22.7. The van der Waals surface area contributed by atoms with Gasteiger partial charge in [0.15, 0.2) is 18.5 Å². The van der Waals surface area contributed by atoms with Crippen molar-refractivity contribution in [1.82, 2.24) is 0 Å². The van der Waals surface area contributed by atoms with Gasteiger partial charge in [0.2, 0.25) is 0 Å². The summed E-state index contributed by atoms with van der Waals surface area (Å²) in [5.74, 6) is -0.986. The van der Waals surface area contributed by atoms with Crippen molar-refractivity contribution in [3.05, 3.63) is 35.9 Å². The summed E-state index contributed by atoms with van der Waals surface area (Å²) >= 11 is 0. The Morgan fingerprint density at radius 3 is 2.33 bits per heavy atom. The van der Waals surface area contributed by atoms with Crippen LogP contribution in [0.4, 0.5) is 0 Å². The van der Waals surface area contributed by atoms with Gasteiger partial charge in [-0.05, 0) is 5.56 Å². The summed E-state index contributed by atoms with van der Waals surface area (Å²) in [6.07, 6.45) is -3.02. The number of rotatable bonds is 6. The van der Waals surface area contributed by atoms with Crippen LogP contribution in [0.25, 0.3) is 0 Å². The highest BCUT2D eigenvalue weighted by atomic mass is 16.7. The Kier molecular flexibility index (Phi) is 6.72. The van der Waals surface area contributed by atoms with Crippen molar-refractivity contribution >= 4 is 11.9 Å². The standard InChI is InChI=1S/C17H22O7/c1-11(18)23-14-10-22-17(20-3)16(15(14)24-12(2)19)21-9-13-7-5-4-6-8-13/h4-8,14-17H,9-10H2,1-3H3/t14-,15+,16-,17-/m1/s1. The maximum Gasteiger partial charge on any atom is 0.303 e. The molecule has 0 saturated carbocycles. The molecule has 0 unspecified atom stereocenters. The van der Waals surface area contributed by atoms with Gasteiger partial charge in [-0.1, -0.05) is 30.3 Å². The van der Waals surface area contributed by atoms with Gasteiger partial charge < -0.3 is 23.7 Å². The van der Waals surface area contributed by atoms with Crippen LogP contribution in [-0.4, -0.2) is 50.3 Å². The Morgan fingerprint density at radius 1 is 1.08 bits per heavy atom. The lowest BCUT2D eigenvalue weighted by Gasteiger charge is -2.40. The zero-order chi connectivity index (χ0) is 17.5. The van der Waals surface area contributed by atoms with Crippen molar-refractivity contribution in [2.24, 2.45) is 0 Å². The van der Waals surface area contributed by atoms with Crippen LogP contribution in [0, 0.1) is 0 Å². The van der Waals surface area contributed by atoms with Gasteiger partial charge in [-0.2, -0.15) is 0 Å². The van der Waals surface area contributed by atoms with Crippen LogP contribution in [0.5, 0.6) is 0 Å². The van der Waals surface area contributed by atoms with E-state index in [0.29, 0.717) is 0 Å². The molecule has 1 aliphatic rings. The highest BCUT2D eigenvalue weighted by Crippen LogP contribution is 2.25. The van der Waals surface area contributed by atoms with Gasteiger partial charge in [0, 0.05) is 21.0 Å². The number of hydrogen-bond acceptors (Lipinski definition) is 7. The van der Waals surface area contributed by atoms with Crippen molar-refractivity contribution in [3.8, 4) is 0 Å². The van der Waals surface area contributed by atoms with Gasteiger partial charge >= 0.3 is 11.9 Å². The highest BCUT2D eigenvalue weighted by molar-refractivity contribution is 5.67. The van der Waals surface area contributed by atoms with Crippen molar-refractivity contribution in [2.45, 2.75) is 45.1 Å². The van der Waals surface area contributed by atoms with Crippen molar-refractivity contribution in [3.63, 3.8) is 0 Å². The molecule has 1 aromatic rings. The highest BCUT2D eigenvalue weighted by Gasteiger charge is 2.45. The van der Waals surface area contributed by atoms with Crippen molar-refractivity contribution in [2.75, 3.05) is 13.7 Å². The van der Waals surface area contributed by atoms with Crippen LogP contribution in [0.1, 0.15) is 19.4 Å². The summed E-state index contributed by atoms with van der Waals surface area (Å²) in [5, 5.41) is 0. The van der Waals surface area contributed by atoms with E-state index in [9.17, 15) is 9.59 Å². The Hall–Kier alpha value is -1.96. The third kappa shape index (κ3) is 5.02. The summed E-state index contributed by atoms with van der Waals surface area (Å²) in [6.45, 7) is 2.91. The van der Waals surface area contributed by atoms with E-state index in [0.717, 1.165) is 5.56 Å². The first-order valence-corrected chi connectivity index (χ1v) is 7.65. The number of hydrogen-bond donors (Lipinski definition) is 0. The lowest BCUT2D eigenvalue weighted by molar-refractivity contribution is -0.282. The molecule has 132 valence electrons. The van der Waals surface area contributed by atoms with Gasteiger partial charge in [-0.15, -0.1) is 0 Å². The van der Waals surface area contributed by atoms with E-state index in [2.05, 4.69) is 0 Å². The minimum atomic E-state index is -0.811. The molecule has 0 aromatic heterocycles. The minimum absolute atomic E-state index is 0.0568. The van der Waals surface area contributed by atoms with Crippen molar-refractivity contribution < 1.29 is 33.3 Å². The van der Waals surface area contributed by atoms with Crippen LogP contribution in [-0.2, 0) is 39.9 Å². The molecule has 0 radical (unpaired) electrons. The Balaban J connectivity index is 2.14. The molecule has 0 amide bonds. The van der Waals surface area contributed by atoms with Gasteiger partial charge in [0.25, 0.3) is 0 Å². The second-order valence-electron chi connectivity index (χ2n) is 5.42. The first-order valence-electron chi connectivity index (χ1n) is 7.65. The molecule has 1 aliphatic heterocycles. The number of carbonyl (C=O) groups is 2. The molecule has 4 atom stereocenters. The van der Waals surface area contributed by atoms with Crippen LogP contribution >= 0.6 is 0 Å². The zero-order valence-electron chi connectivity index (χ0n) is 14.0. The maximum absolute atomic E-state index is 11.5. The molecule has 2 rings (SSSR count). The van der Waals surface area contributed by atoms with Gasteiger partial charge in [-0.3, -0.25) is 9.59 Å². The molecule has 0 spiro atoms. The smallest absolute Gasteiger partial charge is 0.303 e. The van der Waals surface area contributed by atoms with Crippen LogP contribution in [0.3, 0.4) is 0 Å². The molecule has 0 aliphatic carbocycles. The minimum Gasteiger partial charge on any atom is -0.456 e. The van der Waals surface area contributed by atoms with Crippen LogP contribution < -0.4 is 0 Å². The van der Waals surface area contributed by atoms with Crippen LogP contribution in [0.2, 0.25) is 0 Å². The van der Waals surface area contributed by atoms with Gasteiger partial charge in [-0.25, -0.2) is 0 Å².